The molecule has 154 valence electrons. The first-order valence-electron chi connectivity index (χ1n) is 9.79. The van der Waals surface area contributed by atoms with E-state index in [2.05, 4.69) is 10.4 Å². The average Bonchev–Trinajstić information content (AvgIpc) is 3.27. The molecule has 1 saturated carbocycles. The number of carbonyl (C=O) groups excluding carboxylic acids is 2. The summed E-state index contributed by atoms with van der Waals surface area (Å²) >= 11 is 0. The molecule has 0 atom stereocenters. The molecule has 2 aliphatic heterocycles. The molecular formula is C18H24F3N5O2. The van der Waals surface area contributed by atoms with Gasteiger partial charge in [0.1, 0.15) is 6.54 Å². The number of alkyl halides is 3. The van der Waals surface area contributed by atoms with Gasteiger partial charge in [0.2, 0.25) is 5.91 Å². The summed E-state index contributed by atoms with van der Waals surface area (Å²) in [6.07, 6.45) is 1.61. The number of hydrogen-bond donors (Lipinski definition) is 1. The van der Waals surface area contributed by atoms with Crippen LogP contribution in [0.4, 0.5) is 23.7 Å². The molecule has 0 spiro atoms. The van der Waals surface area contributed by atoms with E-state index in [-0.39, 0.29) is 23.9 Å². The lowest BCUT2D eigenvalue weighted by Gasteiger charge is -2.36. The molecular weight excluding hydrogens is 375 g/mol. The van der Waals surface area contributed by atoms with E-state index in [0.717, 1.165) is 43.3 Å². The van der Waals surface area contributed by atoms with Crippen molar-refractivity contribution in [3.05, 3.63) is 11.9 Å². The number of rotatable bonds is 4. The molecule has 1 aliphatic carbocycles. The number of carbonyl (C=O) groups is 2. The Labute approximate surface area is 160 Å². The van der Waals surface area contributed by atoms with Gasteiger partial charge in [0.25, 0.3) is 0 Å². The van der Waals surface area contributed by atoms with Crippen molar-refractivity contribution >= 4 is 17.6 Å². The Hall–Kier alpha value is -2.26. The lowest BCUT2D eigenvalue weighted by Crippen LogP contribution is -2.48. The van der Waals surface area contributed by atoms with Gasteiger partial charge in [-0.15, -0.1) is 0 Å². The van der Waals surface area contributed by atoms with Crippen LogP contribution < -0.4 is 5.32 Å². The molecule has 0 radical (unpaired) electrons. The van der Waals surface area contributed by atoms with Crippen molar-refractivity contribution in [2.75, 3.05) is 25.0 Å². The number of nitrogens with zero attached hydrogens (tertiary/aromatic N) is 4. The number of likely N-dealkylation sites (tertiary alicyclic amines) is 2. The second-order valence-corrected chi connectivity index (χ2v) is 7.85. The Balaban J connectivity index is 1.37. The number of halogens is 3. The summed E-state index contributed by atoms with van der Waals surface area (Å²) in [5.74, 6) is 0.311. The van der Waals surface area contributed by atoms with Gasteiger partial charge in [-0.25, -0.2) is 4.79 Å². The summed E-state index contributed by atoms with van der Waals surface area (Å²) in [6.45, 7) is 0.669. The number of anilines is 1. The first kappa shape index (κ1) is 19.1. The Morgan fingerprint density at radius 1 is 1.18 bits per heavy atom. The highest BCUT2D eigenvalue weighted by Gasteiger charge is 2.35. The lowest BCUT2D eigenvalue weighted by atomic mass is 10.0. The van der Waals surface area contributed by atoms with E-state index in [9.17, 15) is 22.8 Å². The van der Waals surface area contributed by atoms with Crippen LogP contribution in [0.2, 0.25) is 0 Å². The third-order valence-corrected chi connectivity index (χ3v) is 5.64. The summed E-state index contributed by atoms with van der Waals surface area (Å²) in [6, 6.07) is -0.143. The van der Waals surface area contributed by atoms with Crippen LogP contribution in [0.5, 0.6) is 0 Å². The predicted octanol–water partition coefficient (Wildman–Crippen LogP) is 2.94. The summed E-state index contributed by atoms with van der Waals surface area (Å²) in [5, 5.41) is 6.80. The van der Waals surface area contributed by atoms with Crippen LogP contribution in [-0.2, 0) is 11.3 Å². The van der Waals surface area contributed by atoms with Crippen molar-refractivity contribution in [1.29, 1.82) is 0 Å². The van der Waals surface area contributed by atoms with E-state index in [1.165, 1.54) is 6.20 Å². The zero-order valence-electron chi connectivity index (χ0n) is 15.5. The van der Waals surface area contributed by atoms with Gasteiger partial charge in [0, 0.05) is 44.2 Å². The monoisotopic (exact) mass is 399 g/mol. The second-order valence-electron chi connectivity index (χ2n) is 7.85. The highest BCUT2D eigenvalue weighted by molar-refractivity contribution is 5.90. The topological polar surface area (TPSA) is 70.5 Å². The highest BCUT2D eigenvalue weighted by Crippen LogP contribution is 2.42. The Kier molecular flexibility index (Phi) is 4.96. The number of urea groups is 1. The van der Waals surface area contributed by atoms with Crippen LogP contribution in [0.25, 0.3) is 0 Å². The largest absolute Gasteiger partial charge is 0.408 e. The van der Waals surface area contributed by atoms with Crippen LogP contribution in [-0.4, -0.2) is 63.4 Å². The Bertz CT molecular complexity index is 751. The Morgan fingerprint density at radius 2 is 1.89 bits per heavy atom. The molecule has 0 aromatic carbocycles. The zero-order valence-corrected chi connectivity index (χ0v) is 15.5. The van der Waals surface area contributed by atoms with Gasteiger partial charge in [0.05, 0.1) is 11.4 Å². The van der Waals surface area contributed by atoms with Crippen molar-refractivity contribution < 1.29 is 22.8 Å². The maximum atomic E-state index is 12.7. The Morgan fingerprint density at radius 3 is 2.46 bits per heavy atom. The summed E-state index contributed by atoms with van der Waals surface area (Å²) in [4.78, 5) is 28.1. The molecule has 3 aliphatic rings. The molecule has 1 aromatic rings. The molecule has 1 aromatic heterocycles. The average molecular weight is 399 g/mol. The van der Waals surface area contributed by atoms with E-state index >= 15 is 0 Å². The molecule has 10 heteroatoms. The molecule has 2 saturated heterocycles. The fraction of sp³-hybridized carbons (Fsp3) is 0.722. The molecule has 4 rings (SSSR count). The van der Waals surface area contributed by atoms with Crippen LogP contribution in [0, 0.1) is 0 Å². The van der Waals surface area contributed by atoms with E-state index in [1.807, 2.05) is 4.90 Å². The van der Waals surface area contributed by atoms with Gasteiger partial charge in [0.15, 0.2) is 0 Å². The number of piperidine rings is 1. The fourth-order valence-electron chi connectivity index (χ4n) is 4.09. The molecule has 1 N–H and O–H groups in total. The number of amides is 3. The van der Waals surface area contributed by atoms with Crippen LogP contribution in [0.15, 0.2) is 6.20 Å². The SMILES string of the molecule is O=C(Nc1cn(CC(F)(F)F)nc1C1CC1)N1CCC(N2CCCC2=O)CC1. The fourth-order valence-corrected chi connectivity index (χ4v) is 4.09. The third-order valence-electron chi connectivity index (χ3n) is 5.64. The lowest BCUT2D eigenvalue weighted by molar-refractivity contribution is -0.142. The molecule has 3 fully saturated rings. The minimum atomic E-state index is -4.36. The zero-order chi connectivity index (χ0) is 19.9. The molecule has 3 heterocycles. The van der Waals surface area contributed by atoms with Gasteiger partial charge < -0.3 is 15.1 Å². The third kappa shape index (κ3) is 4.25. The quantitative estimate of drug-likeness (QED) is 0.846. The smallest absolute Gasteiger partial charge is 0.340 e. The molecule has 0 unspecified atom stereocenters. The van der Waals surface area contributed by atoms with Crippen molar-refractivity contribution in [2.45, 2.75) is 63.2 Å². The van der Waals surface area contributed by atoms with Crippen molar-refractivity contribution in [1.82, 2.24) is 19.6 Å². The maximum Gasteiger partial charge on any atom is 0.408 e. The molecule has 0 bridgehead atoms. The molecule has 7 nitrogen and oxygen atoms in total. The standard InChI is InChI=1S/C18H24F3N5O2/c19-18(20,21)11-25-10-14(16(23-25)12-3-4-12)22-17(28)24-8-5-13(6-9-24)26-7-1-2-15(26)27/h10,12-13H,1-9,11H2,(H,22,28). The van der Waals surface area contributed by atoms with Crippen molar-refractivity contribution in [3.8, 4) is 0 Å². The summed E-state index contributed by atoms with van der Waals surface area (Å²) < 4.78 is 38.8. The minimum absolute atomic E-state index is 0.122. The van der Waals surface area contributed by atoms with Gasteiger partial charge >= 0.3 is 12.2 Å². The van der Waals surface area contributed by atoms with Crippen LogP contribution in [0.1, 0.15) is 50.1 Å². The number of aromatic nitrogens is 2. The predicted molar refractivity (Wildman–Crippen MR) is 94.8 cm³/mol. The van der Waals surface area contributed by atoms with E-state index in [0.29, 0.717) is 30.9 Å². The van der Waals surface area contributed by atoms with E-state index in [4.69, 9.17) is 0 Å². The van der Waals surface area contributed by atoms with Crippen molar-refractivity contribution in [2.24, 2.45) is 0 Å². The molecule has 3 amide bonds. The van der Waals surface area contributed by atoms with Gasteiger partial charge in [-0.1, -0.05) is 0 Å². The number of hydrogen-bond acceptors (Lipinski definition) is 3. The summed E-state index contributed by atoms with van der Waals surface area (Å²) in [5.41, 5.74) is 0.906. The van der Waals surface area contributed by atoms with E-state index < -0.39 is 12.7 Å². The van der Waals surface area contributed by atoms with Gasteiger partial charge in [-0.05, 0) is 32.1 Å². The van der Waals surface area contributed by atoms with Crippen molar-refractivity contribution in [3.63, 3.8) is 0 Å². The van der Waals surface area contributed by atoms with E-state index in [1.54, 1.807) is 4.90 Å². The van der Waals surface area contributed by atoms with Crippen LogP contribution in [0.3, 0.4) is 0 Å². The maximum absolute atomic E-state index is 12.7. The van der Waals surface area contributed by atoms with Crippen LogP contribution >= 0.6 is 0 Å². The van der Waals surface area contributed by atoms with Gasteiger partial charge in [-0.3, -0.25) is 9.48 Å². The first-order valence-corrected chi connectivity index (χ1v) is 9.79. The van der Waals surface area contributed by atoms with Gasteiger partial charge in [-0.2, -0.15) is 18.3 Å². The first-order chi connectivity index (χ1) is 13.3. The second kappa shape index (κ2) is 7.29. The minimum Gasteiger partial charge on any atom is -0.340 e. The summed E-state index contributed by atoms with van der Waals surface area (Å²) in [7, 11) is 0. The molecule has 28 heavy (non-hydrogen) atoms. The highest BCUT2D eigenvalue weighted by atomic mass is 19.4. The normalized spacial score (nSPS) is 21.5. The number of nitrogens with one attached hydrogen (secondary N) is 1.